The molecule has 0 radical (unpaired) electrons. The number of nitrogens with zero attached hydrogens (tertiary/aromatic N) is 3. The summed E-state index contributed by atoms with van der Waals surface area (Å²) in [6.07, 6.45) is 1.46. The van der Waals surface area contributed by atoms with Gasteiger partial charge in [-0.2, -0.15) is 0 Å². The first kappa shape index (κ1) is 11.2. The van der Waals surface area contributed by atoms with Crippen LogP contribution in [0.5, 0.6) is 0 Å². The van der Waals surface area contributed by atoms with Crippen molar-refractivity contribution in [2.75, 3.05) is 19.4 Å². The number of anilines is 1. The van der Waals surface area contributed by atoms with Gasteiger partial charge in [-0.15, -0.1) is 0 Å². The Kier molecular flexibility index (Phi) is 3.08. The van der Waals surface area contributed by atoms with Gasteiger partial charge in [0.1, 0.15) is 5.82 Å². The van der Waals surface area contributed by atoms with Crippen molar-refractivity contribution < 1.29 is 9.59 Å². The minimum absolute atomic E-state index is 0.193. The van der Waals surface area contributed by atoms with Gasteiger partial charge >= 0.3 is 0 Å². The zero-order valence-corrected chi connectivity index (χ0v) is 9.24. The lowest BCUT2D eigenvalue weighted by Gasteiger charge is -2.10. The highest BCUT2D eigenvalue weighted by atomic mass is 16.2. The van der Waals surface area contributed by atoms with Gasteiger partial charge in [-0.25, -0.2) is 4.98 Å². The molecule has 0 spiro atoms. The lowest BCUT2D eigenvalue weighted by Crippen LogP contribution is -2.25. The molecule has 1 aromatic rings. The first-order valence-corrected chi connectivity index (χ1v) is 4.44. The lowest BCUT2D eigenvalue weighted by atomic mass is 10.5. The Bertz CT molecular complexity index is 395. The first-order chi connectivity index (χ1) is 6.93. The van der Waals surface area contributed by atoms with Gasteiger partial charge in [-0.05, 0) is 0 Å². The summed E-state index contributed by atoms with van der Waals surface area (Å²) in [5.74, 6) is 0.410. The zero-order valence-electron chi connectivity index (χ0n) is 9.24. The van der Waals surface area contributed by atoms with Gasteiger partial charge in [0, 0.05) is 28.1 Å². The Morgan fingerprint density at radius 3 is 2.53 bits per heavy atom. The highest BCUT2D eigenvalue weighted by molar-refractivity contribution is 5.92. The molecule has 0 aliphatic carbocycles. The molecule has 1 heterocycles. The van der Waals surface area contributed by atoms with Gasteiger partial charge in [-0.3, -0.25) is 9.59 Å². The Morgan fingerprint density at radius 1 is 1.47 bits per heavy atom. The van der Waals surface area contributed by atoms with Gasteiger partial charge in [0.2, 0.25) is 11.7 Å². The SMILES string of the molecule is CC(=O)Nc1cnc(C(=O)N(C)C)n1C. The molecular weight excluding hydrogens is 196 g/mol. The molecule has 1 aromatic heterocycles. The lowest BCUT2D eigenvalue weighted by molar-refractivity contribution is -0.114. The number of carbonyl (C=O) groups excluding carboxylic acids is 2. The van der Waals surface area contributed by atoms with Crippen LogP contribution in [0.2, 0.25) is 0 Å². The quantitative estimate of drug-likeness (QED) is 0.751. The summed E-state index contributed by atoms with van der Waals surface area (Å²) in [5.41, 5.74) is 0. The fourth-order valence-electron chi connectivity index (χ4n) is 1.10. The summed E-state index contributed by atoms with van der Waals surface area (Å²) in [5, 5.41) is 2.58. The maximum Gasteiger partial charge on any atom is 0.289 e. The molecule has 0 aromatic carbocycles. The van der Waals surface area contributed by atoms with Crippen molar-refractivity contribution in [2.45, 2.75) is 6.92 Å². The molecule has 6 heteroatoms. The number of hydrogen-bond acceptors (Lipinski definition) is 3. The Morgan fingerprint density at radius 2 is 2.07 bits per heavy atom. The van der Waals surface area contributed by atoms with E-state index in [4.69, 9.17) is 0 Å². The van der Waals surface area contributed by atoms with Crippen molar-refractivity contribution in [3.63, 3.8) is 0 Å². The molecule has 0 aliphatic heterocycles. The van der Waals surface area contributed by atoms with Gasteiger partial charge in [0.15, 0.2) is 0 Å². The van der Waals surface area contributed by atoms with E-state index in [9.17, 15) is 9.59 Å². The third kappa shape index (κ3) is 2.34. The van der Waals surface area contributed by atoms with Crippen molar-refractivity contribution in [1.82, 2.24) is 14.5 Å². The van der Waals surface area contributed by atoms with Crippen LogP contribution in [0.1, 0.15) is 17.5 Å². The highest BCUT2D eigenvalue weighted by Crippen LogP contribution is 2.09. The largest absolute Gasteiger partial charge is 0.342 e. The molecule has 0 aliphatic rings. The van der Waals surface area contributed by atoms with Crippen LogP contribution in [-0.4, -0.2) is 40.4 Å². The molecule has 1 rings (SSSR count). The van der Waals surface area contributed by atoms with Crippen LogP contribution in [0.4, 0.5) is 5.82 Å². The second-order valence-corrected chi connectivity index (χ2v) is 3.41. The average molecular weight is 210 g/mol. The maximum atomic E-state index is 11.6. The van der Waals surface area contributed by atoms with Gasteiger partial charge in [0.25, 0.3) is 5.91 Å². The van der Waals surface area contributed by atoms with Crippen LogP contribution in [0.25, 0.3) is 0 Å². The van der Waals surface area contributed by atoms with Crippen LogP contribution in [0.3, 0.4) is 0 Å². The molecule has 0 unspecified atom stereocenters. The van der Waals surface area contributed by atoms with Crippen LogP contribution in [-0.2, 0) is 11.8 Å². The summed E-state index contributed by atoms with van der Waals surface area (Å²) in [6, 6.07) is 0. The second kappa shape index (κ2) is 4.12. The Hall–Kier alpha value is -1.85. The maximum absolute atomic E-state index is 11.6. The van der Waals surface area contributed by atoms with E-state index in [-0.39, 0.29) is 11.8 Å². The number of nitrogens with one attached hydrogen (secondary N) is 1. The molecule has 0 atom stereocenters. The summed E-state index contributed by atoms with van der Waals surface area (Å²) in [7, 11) is 4.97. The Balaban J connectivity index is 2.98. The smallest absolute Gasteiger partial charge is 0.289 e. The zero-order chi connectivity index (χ0) is 11.6. The van der Waals surface area contributed by atoms with Crippen molar-refractivity contribution in [1.29, 1.82) is 0 Å². The van der Waals surface area contributed by atoms with Crippen molar-refractivity contribution in [3.8, 4) is 0 Å². The molecule has 0 saturated carbocycles. The van der Waals surface area contributed by atoms with E-state index in [0.717, 1.165) is 0 Å². The van der Waals surface area contributed by atoms with E-state index < -0.39 is 0 Å². The van der Waals surface area contributed by atoms with Crippen LogP contribution < -0.4 is 5.32 Å². The van der Waals surface area contributed by atoms with E-state index >= 15 is 0 Å². The molecule has 1 N–H and O–H groups in total. The van der Waals surface area contributed by atoms with E-state index in [0.29, 0.717) is 11.6 Å². The molecule has 0 saturated heterocycles. The molecule has 0 fully saturated rings. The van der Waals surface area contributed by atoms with E-state index in [1.54, 1.807) is 25.7 Å². The number of rotatable bonds is 2. The number of imidazole rings is 1. The van der Waals surface area contributed by atoms with E-state index in [1.165, 1.54) is 18.0 Å². The number of hydrogen-bond donors (Lipinski definition) is 1. The number of carbonyl (C=O) groups is 2. The number of aromatic nitrogens is 2. The van der Waals surface area contributed by atoms with Gasteiger partial charge in [0.05, 0.1) is 6.20 Å². The molecule has 6 nitrogen and oxygen atoms in total. The summed E-state index contributed by atoms with van der Waals surface area (Å²) in [4.78, 5) is 27.8. The monoisotopic (exact) mass is 210 g/mol. The van der Waals surface area contributed by atoms with Crippen molar-refractivity contribution in [2.24, 2.45) is 7.05 Å². The first-order valence-electron chi connectivity index (χ1n) is 4.44. The van der Waals surface area contributed by atoms with Crippen LogP contribution >= 0.6 is 0 Å². The number of amides is 2. The highest BCUT2D eigenvalue weighted by Gasteiger charge is 2.16. The van der Waals surface area contributed by atoms with Crippen molar-refractivity contribution in [3.05, 3.63) is 12.0 Å². The van der Waals surface area contributed by atoms with Gasteiger partial charge in [-0.1, -0.05) is 0 Å². The fraction of sp³-hybridized carbons (Fsp3) is 0.444. The molecule has 2 amide bonds. The van der Waals surface area contributed by atoms with Crippen LogP contribution in [0.15, 0.2) is 6.20 Å². The minimum atomic E-state index is -0.200. The predicted octanol–water partition coefficient (Wildman–Crippen LogP) is 0.0803. The third-order valence-electron chi connectivity index (χ3n) is 1.89. The Labute approximate surface area is 87.9 Å². The standard InChI is InChI=1S/C9H14N4O2/c1-6(14)11-7-5-10-8(13(7)4)9(15)12(2)3/h5H,1-4H3,(H,11,14). The second-order valence-electron chi connectivity index (χ2n) is 3.41. The van der Waals surface area contributed by atoms with Crippen molar-refractivity contribution >= 4 is 17.6 Å². The van der Waals surface area contributed by atoms with E-state index in [2.05, 4.69) is 10.3 Å². The third-order valence-corrected chi connectivity index (χ3v) is 1.89. The molecule has 82 valence electrons. The topological polar surface area (TPSA) is 67.2 Å². The molecule has 0 bridgehead atoms. The molecule has 15 heavy (non-hydrogen) atoms. The average Bonchev–Trinajstić information content (AvgIpc) is 2.46. The normalized spacial score (nSPS) is 9.87. The summed E-state index contributed by atoms with van der Waals surface area (Å²) >= 11 is 0. The summed E-state index contributed by atoms with van der Waals surface area (Å²) in [6.45, 7) is 1.40. The van der Waals surface area contributed by atoms with Crippen LogP contribution in [0, 0.1) is 0 Å². The predicted molar refractivity (Wildman–Crippen MR) is 55.5 cm³/mol. The minimum Gasteiger partial charge on any atom is -0.342 e. The van der Waals surface area contributed by atoms with Gasteiger partial charge < -0.3 is 14.8 Å². The fourth-order valence-corrected chi connectivity index (χ4v) is 1.10. The summed E-state index contributed by atoms with van der Waals surface area (Å²) < 4.78 is 1.55. The molecular formula is C9H14N4O2. The van der Waals surface area contributed by atoms with E-state index in [1.807, 2.05) is 0 Å².